The van der Waals surface area contributed by atoms with E-state index in [4.69, 9.17) is 27.7 Å². The van der Waals surface area contributed by atoms with Crippen LogP contribution in [0.5, 0.6) is 0 Å². The van der Waals surface area contributed by atoms with Gasteiger partial charge in [-0.2, -0.15) is 0 Å². The van der Waals surface area contributed by atoms with Gasteiger partial charge in [-0.25, -0.2) is 0 Å². The Morgan fingerprint density at radius 1 is 1.41 bits per heavy atom. The Labute approximate surface area is 111 Å². The summed E-state index contributed by atoms with van der Waals surface area (Å²) < 4.78 is 17.0. The second-order valence-electron chi connectivity index (χ2n) is 3.38. The summed E-state index contributed by atoms with van der Waals surface area (Å²) in [7, 11) is -2.31. The van der Waals surface area contributed by atoms with E-state index in [0.29, 0.717) is 22.2 Å². The first-order valence-corrected chi connectivity index (χ1v) is 7.30. The van der Waals surface area contributed by atoms with E-state index in [0.717, 1.165) is 6.29 Å². The molecule has 3 nitrogen and oxygen atoms in total. The van der Waals surface area contributed by atoms with Crippen LogP contribution in [0, 0.1) is 0 Å². The SMILES string of the molecule is CCO[PH](=O)C(CC=O)c1ccc(Cl)c(Cl)c1. The van der Waals surface area contributed by atoms with E-state index < -0.39 is 13.7 Å². The molecule has 0 fully saturated rings. The van der Waals surface area contributed by atoms with Crippen molar-refractivity contribution in [2.45, 2.75) is 19.0 Å². The molecule has 0 amide bonds. The third kappa shape index (κ3) is 4.11. The van der Waals surface area contributed by atoms with Gasteiger partial charge in [-0.05, 0) is 24.6 Å². The van der Waals surface area contributed by atoms with Crippen molar-refractivity contribution in [3.8, 4) is 0 Å². The molecule has 2 atom stereocenters. The zero-order chi connectivity index (χ0) is 12.8. The summed E-state index contributed by atoms with van der Waals surface area (Å²) in [6.07, 6.45) is 0.879. The molecule has 0 N–H and O–H groups in total. The minimum atomic E-state index is -2.31. The molecule has 0 aromatic heterocycles. The largest absolute Gasteiger partial charge is 0.330 e. The number of rotatable bonds is 6. The first-order chi connectivity index (χ1) is 8.10. The van der Waals surface area contributed by atoms with Crippen molar-refractivity contribution in [2.24, 2.45) is 0 Å². The van der Waals surface area contributed by atoms with Gasteiger partial charge in [-0.15, -0.1) is 0 Å². The molecule has 0 heterocycles. The lowest BCUT2D eigenvalue weighted by Crippen LogP contribution is -1.97. The molecule has 1 rings (SSSR count). The van der Waals surface area contributed by atoms with Crippen molar-refractivity contribution in [1.82, 2.24) is 0 Å². The van der Waals surface area contributed by atoms with Crippen LogP contribution in [0.15, 0.2) is 18.2 Å². The highest BCUT2D eigenvalue weighted by Gasteiger charge is 2.19. The third-order valence-corrected chi connectivity index (χ3v) is 4.70. The van der Waals surface area contributed by atoms with Crippen LogP contribution >= 0.6 is 31.2 Å². The van der Waals surface area contributed by atoms with Crippen LogP contribution in [0.3, 0.4) is 0 Å². The minimum absolute atomic E-state index is 0.149. The average molecular weight is 295 g/mol. The van der Waals surface area contributed by atoms with E-state index >= 15 is 0 Å². The summed E-state index contributed by atoms with van der Waals surface area (Å²) in [5.74, 6) is 0. The first-order valence-electron chi connectivity index (χ1n) is 5.15. The average Bonchev–Trinajstić information content (AvgIpc) is 2.30. The van der Waals surface area contributed by atoms with Crippen LogP contribution in [0.2, 0.25) is 10.0 Å². The predicted octanol–water partition coefficient (Wildman–Crippen LogP) is 4.13. The maximum Gasteiger partial charge on any atom is 0.199 e. The zero-order valence-electron chi connectivity index (χ0n) is 9.28. The smallest absolute Gasteiger partial charge is 0.199 e. The number of carbonyl (C=O) groups excluding carboxylic acids is 1. The second kappa shape index (κ2) is 7.17. The highest BCUT2D eigenvalue weighted by Crippen LogP contribution is 2.44. The van der Waals surface area contributed by atoms with Gasteiger partial charge in [0.2, 0.25) is 0 Å². The Kier molecular flexibility index (Phi) is 6.21. The van der Waals surface area contributed by atoms with Crippen LogP contribution in [-0.4, -0.2) is 12.9 Å². The van der Waals surface area contributed by atoms with Crippen LogP contribution in [0.4, 0.5) is 0 Å². The van der Waals surface area contributed by atoms with E-state index in [9.17, 15) is 9.36 Å². The minimum Gasteiger partial charge on any atom is -0.330 e. The lowest BCUT2D eigenvalue weighted by Gasteiger charge is -2.14. The van der Waals surface area contributed by atoms with Gasteiger partial charge in [-0.3, -0.25) is 4.57 Å². The van der Waals surface area contributed by atoms with Gasteiger partial charge in [0.25, 0.3) is 0 Å². The van der Waals surface area contributed by atoms with Gasteiger partial charge in [0.05, 0.1) is 22.3 Å². The Bertz CT molecular complexity index is 423. The van der Waals surface area contributed by atoms with Gasteiger partial charge >= 0.3 is 0 Å². The fraction of sp³-hybridized carbons (Fsp3) is 0.364. The summed E-state index contributed by atoms with van der Waals surface area (Å²) in [5, 5.41) is 0.808. The van der Waals surface area contributed by atoms with Gasteiger partial charge in [0, 0.05) is 6.42 Å². The number of carbonyl (C=O) groups is 1. The first kappa shape index (κ1) is 14.7. The molecule has 0 bridgehead atoms. The highest BCUT2D eigenvalue weighted by molar-refractivity contribution is 7.39. The molecular formula is C11H13Cl2O3P. The topological polar surface area (TPSA) is 43.4 Å². The van der Waals surface area contributed by atoms with E-state index in [1.54, 1.807) is 25.1 Å². The van der Waals surface area contributed by atoms with E-state index in [1.165, 1.54) is 0 Å². The Hall–Kier alpha value is -0.340. The summed E-state index contributed by atoms with van der Waals surface area (Å²) in [5.41, 5.74) is 0.274. The van der Waals surface area contributed by atoms with Crippen molar-refractivity contribution >= 4 is 37.5 Å². The Morgan fingerprint density at radius 3 is 2.65 bits per heavy atom. The molecule has 0 aliphatic carbocycles. The van der Waals surface area contributed by atoms with Crippen LogP contribution in [0.25, 0.3) is 0 Å². The van der Waals surface area contributed by atoms with E-state index in [-0.39, 0.29) is 6.42 Å². The van der Waals surface area contributed by atoms with E-state index in [2.05, 4.69) is 0 Å². The molecule has 2 unspecified atom stereocenters. The molecular weight excluding hydrogens is 282 g/mol. The molecule has 1 aromatic rings. The summed E-state index contributed by atoms with van der Waals surface area (Å²) in [4.78, 5) is 10.6. The maximum absolute atomic E-state index is 11.9. The molecule has 0 saturated heterocycles. The monoisotopic (exact) mass is 294 g/mol. The number of benzene rings is 1. The lowest BCUT2D eigenvalue weighted by molar-refractivity contribution is -0.107. The van der Waals surface area contributed by atoms with Crippen LogP contribution < -0.4 is 0 Å². The predicted molar refractivity (Wildman–Crippen MR) is 70.5 cm³/mol. The fourth-order valence-corrected chi connectivity index (χ4v) is 2.97. The van der Waals surface area contributed by atoms with Crippen molar-refractivity contribution in [3.63, 3.8) is 0 Å². The number of hydrogen-bond donors (Lipinski definition) is 0. The molecule has 6 heteroatoms. The van der Waals surface area contributed by atoms with Gasteiger partial charge in [0.15, 0.2) is 8.03 Å². The zero-order valence-corrected chi connectivity index (χ0v) is 11.8. The maximum atomic E-state index is 11.9. The third-order valence-electron chi connectivity index (χ3n) is 2.25. The fourth-order valence-electron chi connectivity index (χ4n) is 1.44. The van der Waals surface area contributed by atoms with Crippen molar-refractivity contribution < 1.29 is 13.9 Å². The normalized spacial score (nSPS) is 14.3. The standard InChI is InChI=1S/C11H13Cl2O3P/c1-2-16-17(15)11(5-6-14)8-3-4-9(12)10(13)7-8/h3-4,6-7,11,17H,2,5H2,1H3. The lowest BCUT2D eigenvalue weighted by atomic mass is 10.1. The van der Waals surface area contributed by atoms with Gasteiger partial charge < -0.3 is 9.32 Å². The van der Waals surface area contributed by atoms with Crippen molar-refractivity contribution in [2.75, 3.05) is 6.61 Å². The molecule has 0 aliphatic rings. The summed E-state index contributed by atoms with van der Waals surface area (Å²) >= 11 is 11.7. The van der Waals surface area contributed by atoms with Gasteiger partial charge in [-0.1, -0.05) is 29.3 Å². The molecule has 0 spiro atoms. The molecule has 0 radical (unpaired) electrons. The summed E-state index contributed by atoms with van der Waals surface area (Å²) in [6.45, 7) is 2.11. The second-order valence-corrected chi connectivity index (χ2v) is 5.82. The molecule has 0 aliphatic heterocycles. The van der Waals surface area contributed by atoms with Crippen LogP contribution in [-0.2, 0) is 13.9 Å². The molecule has 94 valence electrons. The van der Waals surface area contributed by atoms with E-state index in [1.807, 2.05) is 0 Å². The van der Waals surface area contributed by atoms with Crippen LogP contribution in [0.1, 0.15) is 24.6 Å². The number of aldehydes is 1. The number of hydrogen-bond acceptors (Lipinski definition) is 3. The Balaban J connectivity index is 3.00. The summed E-state index contributed by atoms with van der Waals surface area (Å²) in [6, 6.07) is 4.96. The molecule has 17 heavy (non-hydrogen) atoms. The molecule has 1 aromatic carbocycles. The van der Waals surface area contributed by atoms with Crippen molar-refractivity contribution in [3.05, 3.63) is 33.8 Å². The Morgan fingerprint density at radius 2 is 2.12 bits per heavy atom. The quantitative estimate of drug-likeness (QED) is 0.585. The van der Waals surface area contributed by atoms with Crippen molar-refractivity contribution in [1.29, 1.82) is 0 Å². The highest BCUT2D eigenvalue weighted by atomic mass is 35.5. The number of halogens is 2. The molecule has 0 saturated carbocycles. The van der Waals surface area contributed by atoms with Gasteiger partial charge in [0.1, 0.15) is 6.29 Å².